The van der Waals surface area contributed by atoms with Crippen LogP contribution in [0.5, 0.6) is 0 Å². The van der Waals surface area contributed by atoms with E-state index < -0.39 is 0 Å². The van der Waals surface area contributed by atoms with E-state index in [1.165, 1.54) is 6.20 Å². The highest BCUT2D eigenvalue weighted by Crippen LogP contribution is 1.79. The summed E-state index contributed by atoms with van der Waals surface area (Å²) >= 11 is 0. The highest BCUT2D eigenvalue weighted by atomic mass is 31.0. The van der Waals surface area contributed by atoms with Crippen molar-refractivity contribution in [2.45, 2.75) is 0 Å². The lowest BCUT2D eigenvalue weighted by Gasteiger charge is -1.95. The first-order chi connectivity index (χ1) is 3.80. The Morgan fingerprint density at radius 1 is 1.50 bits per heavy atom. The number of nitrogens with zero attached hydrogens (tertiary/aromatic N) is 1. The van der Waals surface area contributed by atoms with Gasteiger partial charge in [-0.05, 0) is 15.3 Å². The first kappa shape index (κ1) is 5.52. The molecule has 1 atom stereocenters. The van der Waals surface area contributed by atoms with E-state index in [1.807, 2.05) is 6.07 Å². The predicted octanol–water partition coefficient (Wildman–Crippen LogP) is -0.180. The fraction of sp³-hybridized carbons (Fsp3) is 0. The Morgan fingerprint density at radius 2 is 2.25 bits per heavy atom. The van der Waals surface area contributed by atoms with Gasteiger partial charge in [-0.2, -0.15) is 4.73 Å². The second kappa shape index (κ2) is 2.10. The second-order valence-electron chi connectivity index (χ2n) is 1.45. The second-order valence-corrected chi connectivity index (χ2v) is 2.04. The van der Waals surface area contributed by atoms with E-state index in [-0.39, 0.29) is 0 Å². The summed E-state index contributed by atoms with van der Waals surface area (Å²) < 4.78 is 0.796. The van der Waals surface area contributed by atoms with Gasteiger partial charge in [-0.15, -0.1) is 0 Å². The van der Waals surface area contributed by atoms with Crippen molar-refractivity contribution in [2.75, 3.05) is 0 Å². The van der Waals surface area contributed by atoms with E-state index >= 15 is 0 Å². The van der Waals surface area contributed by atoms with Crippen molar-refractivity contribution in [3.05, 3.63) is 29.6 Å². The quantitative estimate of drug-likeness (QED) is 0.270. The number of hydrogen-bond donors (Lipinski definition) is 0. The van der Waals surface area contributed by atoms with Gasteiger partial charge in [0.2, 0.25) is 5.44 Å². The van der Waals surface area contributed by atoms with E-state index in [9.17, 15) is 5.21 Å². The van der Waals surface area contributed by atoms with Gasteiger partial charge in [0.1, 0.15) is 0 Å². The van der Waals surface area contributed by atoms with Gasteiger partial charge in [-0.3, -0.25) is 0 Å². The lowest BCUT2D eigenvalue weighted by molar-refractivity contribution is -0.585. The van der Waals surface area contributed by atoms with E-state index in [0.29, 0.717) is 5.44 Å². The van der Waals surface area contributed by atoms with Gasteiger partial charge < -0.3 is 5.21 Å². The van der Waals surface area contributed by atoms with Crippen LogP contribution in [0.2, 0.25) is 0 Å². The Morgan fingerprint density at radius 3 is 2.62 bits per heavy atom. The average molecular weight is 127 g/mol. The zero-order valence-electron chi connectivity index (χ0n) is 4.24. The monoisotopic (exact) mass is 127 g/mol. The minimum atomic E-state index is 0.646. The van der Waals surface area contributed by atoms with Crippen LogP contribution in [0.15, 0.2) is 24.4 Å². The minimum absolute atomic E-state index is 0.646. The van der Waals surface area contributed by atoms with Crippen molar-refractivity contribution in [2.24, 2.45) is 0 Å². The molecule has 0 fully saturated rings. The highest BCUT2D eigenvalue weighted by molar-refractivity contribution is 7.26. The van der Waals surface area contributed by atoms with Gasteiger partial charge in [-0.25, -0.2) is 0 Å². The van der Waals surface area contributed by atoms with Crippen LogP contribution in [0.3, 0.4) is 0 Å². The number of rotatable bonds is 0. The summed E-state index contributed by atoms with van der Waals surface area (Å²) in [6, 6.07) is 5.24. The lowest BCUT2D eigenvalue weighted by Crippen LogP contribution is -2.38. The van der Waals surface area contributed by atoms with Gasteiger partial charge in [0, 0.05) is 12.1 Å². The Balaban J connectivity index is 3.13. The topological polar surface area (TPSA) is 26.9 Å². The molecule has 0 amide bonds. The van der Waals surface area contributed by atoms with Crippen molar-refractivity contribution >= 4 is 14.7 Å². The predicted molar refractivity (Wildman–Crippen MR) is 34.7 cm³/mol. The molecule has 0 radical (unpaired) electrons. The largest absolute Gasteiger partial charge is 0.618 e. The Kier molecular flexibility index (Phi) is 1.45. The van der Waals surface area contributed by atoms with Crippen LogP contribution in [0.1, 0.15) is 0 Å². The maximum atomic E-state index is 10.5. The minimum Gasteiger partial charge on any atom is -0.618 e. The van der Waals surface area contributed by atoms with Crippen molar-refractivity contribution in [3.8, 4) is 0 Å². The standard InChI is InChI=1S/C5H6NOP/c7-6-4-2-1-3-5(6)8/h1-4H,8H2. The Bertz CT molecular complexity index is 169. The zero-order chi connectivity index (χ0) is 5.98. The third-order valence-corrected chi connectivity index (χ3v) is 1.30. The first-order valence-electron chi connectivity index (χ1n) is 2.24. The lowest BCUT2D eigenvalue weighted by atomic mass is 10.5. The molecule has 42 valence electrons. The van der Waals surface area contributed by atoms with Crippen molar-refractivity contribution < 1.29 is 4.73 Å². The number of hydrogen-bond acceptors (Lipinski definition) is 1. The highest BCUT2D eigenvalue weighted by Gasteiger charge is 1.89. The maximum absolute atomic E-state index is 10.5. The van der Waals surface area contributed by atoms with E-state index in [2.05, 4.69) is 9.24 Å². The Labute approximate surface area is 49.9 Å². The molecule has 0 aromatic carbocycles. The molecule has 8 heavy (non-hydrogen) atoms. The summed E-state index contributed by atoms with van der Waals surface area (Å²) in [7, 11) is 2.34. The van der Waals surface area contributed by atoms with Crippen LogP contribution in [-0.2, 0) is 0 Å². The summed E-state index contributed by atoms with van der Waals surface area (Å²) in [5.41, 5.74) is 0.646. The zero-order valence-corrected chi connectivity index (χ0v) is 5.40. The normalized spacial score (nSPS) is 9.12. The SMILES string of the molecule is [O-][n+]1ccccc1P. The Hall–Kier alpha value is -0.620. The molecule has 3 heteroatoms. The average Bonchev–Trinajstić information content (AvgIpc) is 1.77. The molecule has 1 unspecified atom stereocenters. The molecule has 1 rings (SSSR count). The van der Waals surface area contributed by atoms with Crippen molar-refractivity contribution in [1.82, 2.24) is 0 Å². The van der Waals surface area contributed by atoms with Gasteiger partial charge in [0.25, 0.3) is 0 Å². The summed E-state index contributed by atoms with van der Waals surface area (Å²) in [6.45, 7) is 0. The first-order valence-corrected chi connectivity index (χ1v) is 2.82. The molecule has 2 nitrogen and oxygen atoms in total. The molecule has 1 aromatic heterocycles. The molecule has 0 N–H and O–H groups in total. The van der Waals surface area contributed by atoms with Crippen LogP contribution in [0.25, 0.3) is 0 Å². The van der Waals surface area contributed by atoms with Crippen LogP contribution in [-0.4, -0.2) is 0 Å². The smallest absolute Gasteiger partial charge is 0.206 e. The van der Waals surface area contributed by atoms with Gasteiger partial charge in [0.05, 0.1) is 0 Å². The fourth-order valence-corrected chi connectivity index (χ4v) is 0.639. The molecule has 0 aliphatic heterocycles. The van der Waals surface area contributed by atoms with Crippen LogP contribution in [0, 0.1) is 5.21 Å². The fourth-order valence-electron chi connectivity index (χ4n) is 0.442. The molecule has 0 saturated carbocycles. The van der Waals surface area contributed by atoms with Crippen LogP contribution >= 0.6 is 9.24 Å². The summed E-state index contributed by atoms with van der Waals surface area (Å²) in [6.07, 6.45) is 1.46. The number of aromatic nitrogens is 1. The maximum Gasteiger partial charge on any atom is 0.206 e. The molecule has 0 aliphatic carbocycles. The van der Waals surface area contributed by atoms with Gasteiger partial charge >= 0.3 is 0 Å². The molecule has 0 spiro atoms. The van der Waals surface area contributed by atoms with E-state index in [0.717, 1.165) is 4.73 Å². The van der Waals surface area contributed by atoms with Crippen molar-refractivity contribution in [1.29, 1.82) is 0 Å². The molecule has 0 aliphatic rings. The summed E-state index contributed by atoms with van der Waals surface area (Å²) in [5, 5.41) is 10.5. The molecular weight excluding hydrogens is 121 g/mol. The van der Waals surface area contributed by atoms with E-state index in [4.69, 9.17) is 0 Å². The summed E-state index contributed by atoms with van der Waals surface area (Å²) in [5.74, 6) is 0. The third-order valence-electron chi connectivity index (χ3n) is 0.854. The van der Waals surface area contributed by atoms with Crippen LogP contribution in [0.4, 0.5) is 0 Å². The third kappa shape index (κ3) is 0.958. The van der Waals surface area contributed by atoms with Crippen LogP contribution < -0.4 is 10.2 Å². The van der Waals surface area contributed by atoms with Crippen molar-refractivity contribution in [3.63, 3.8) is 0 Å². The molecular formula is C5H6NOP. The summed E-state index contributed by atoms with van der Waals surface area (Å²) in [4.78, 5) is 0. The molecule has 0 bridgehead atoms. The van der Waals surface area contributed by atoms with Gasteiger partial charge in [0.15, 0.2) is 6.20 Å². The van der Waals surface area contributed by atoms with Gasteiger partial charge in [-0.1, -0.05) is 0 Å². The van der Waals surface area contributed by atoms with E-state index in [1.54, 1.807) is 12.1 Å². The molecule has 1 heterocycles. The number of pyridine rings is 1. The molecule has 0 saturated heterocycles. The molecule has 1 aromatic rings.